The zero-order chi connectivity index (χ0) is 13.8. The van der Waals surface area contributed by atoms with Crippen molar-refractivity contribution in [2.75, 3.05) is 13.9 Å². The van der Waals surface area contributed by atoms with Crippen molar-refractivity contribution in [3.05, 3.63) is 23.5 Å². The largest absolute Gasteiger partial charge is 0.573 e. The molecule has 0 aliphatic carbocycles. The summed E-state index contributed by atoms with van der Waals surface area (Å²) in [5, 5.41) is 0. The third-order valence-electron chi connectivity index (χ3n) is 2.08. The molecule has 0 spiro atoms. The molecule has 0 aliphatic rings. The highest BCUT2D eigenvalue weighted by molar-refractivity contribution is 5.42. The van der Waals surface area contributed by atoms with Crippen molar-refractivity contribution in [3.8, 4) is 11.5 Å². The van der Waals surface area contributed by atoms with E-state index in [4.69, 9.17) is 4.74 Å². The molecule has 0 saturated carbocycles. The zero-order valence-electron chi connectivity index (χ0n) is 9.81. The highest BCUT2D eigenvalue weighted by Gasteiger charge is 2.33. The van der Waals surface area contributed by atoms with Crippen LogP contribution in [0.15, 0.2) is 12.1 Å². The number of halogens is 4. The first kappa shape index (κ1) is 14.6. The topological polar surface area (TPSA) is 27.7 Å². The van der Waals surface area contributed by atoms with E-state index in [1.165, 1.54) is 13.2 Å². The summed E-state index contributed by atoms with van der Waals surface area (Å²) in [5.41, 5.74) is 0.00815. The molecule has 1 aromatic carbocycles. The van der Waals surface area contributed by atoms with E-state index in [0.29, 0.717) is 0 Å². The number of hydrogen-bond donors (Lipinski definition) is 0. The fourth-order valence-electron chi connectivity index (χ4n) is 1.37. The van der Waals surface area contributed by atoms with E-state index >= 15 is 0 Å². The Labute approximate surface area is 101 Å². The molecule has 0 atom stereocenters. The Bertz CT molecular complexity index is 404. The van der Waals surface area contributed by atoms with Gasteiger partial charge in [-0.3, -0.25) is 0 Å². The molecule has 1 rings (SSSR count). The van der Waals surface area contributed by atoms with Crippen molar-refractivity contribution in [1.29, 1.82) is 0 Å². The molecule has 0 heterocycles. The standard InChI is InChI=1S/C11H12F4O3/c1-3-7-8(17-6-16-2)4-5-9(10(7)12)18-11(13,14)15/h4-5H,3,6H2,1-2H3. The summed E-state index contributed by atoms with van der Waals surface area (Å²) in [7, 11) is 1.38. The van der Waals surface area contributed by atoms with E-state index in [1.54, 1.807) is 6.92 Å². The smallest absolute Gasteiger partial charge is 0.467 e. The third-order valence-corrected chi connectivity index (χ3v) is 2.08. The maximum Gasteiger partial charge on any atom is 0.573 e. The SMILES string of the molecule is CCc1c(OCOC)ccc(OC(F)(F)F)c1F. The van der Waals surface area contributed by atoms with Crippen LogP contribution < -0.4 is 9.47 Å². The van der Waals surface area contributed by atoms with Gasteiger partial charge in [-0.25, -0.2) is 4.39 Å². The lowest BCUT2D eigenvalue weighted by atomic mass is 10.1. The maximum absolute atomic E-state index is 13.7. The number of methoxy groups -OCH3 is 1. The van der Waals surface area contributed by atoms with Gasteiger partial charge in [-0.1, -0.05) is 6.92 Å². The van der Waals surface area contributed by atoms with Crippen LogP contribution in [0.3, 0.4) is 0 Å². The number of alkyl halides is 3. The second-order valence-electron chi connectivity index (χ2n) is 3.31. The van der Waals surface area contributed by atoms with Crippen LogP contribution in [0, 0.1) is 5.82 Å². The van der Waals surface area contributed by atoms with Crippen LogP contribution in [0.25, 0.3) is 0 Å². The minimum absolute atomic E-state index is 0.00815. The fraction of sp³-hybridized carbons (Fsp3) is 0.455. The van der Waals surface area contributed by atoms with Gasteiger partial charge in [-0.05, 0) is 18.6 Å². The van der Waals surface area contributed by atoms with Crippen molar-refractivity contribution in [1.82, 2.24) is 0 Å². The molecule has 0 radical (unpaired) electrons. The summed E-state index contributed by atoms with van der Waals surface area (Å²) in [6, 6.07) is 2.08. The van der Waals surface area contributed by atoms with Crippen LogP contribution in [-0.4, -0.2) is 20.3 Å². The van der Waals surface area contributed by atoms with Gasteiger partial charge in [0.05, 0.1) is 0 Å². The first-order valence-electron chi connectivity index (χ1n) is 5.08. The molecule has 7 heteroatoms. The average molecular weight is 268 g/mol. The predicted octanol–water partition coefficient (Wildman–Crippen LogP) is 3.27. The first-order valence-corrected chi connectivity index (χ1v) is 5.08. The van der Waals surface area contributed by atoms with Crippen molar-refractivity contribution < 1.29 is 31.8 Å². The van der Waals surface area contributed by atoms with E-state index in [9.17, 15) is 17.6 Å². The Morgan fingerprint density at radius 3 is 2.28 bits per heavy atom. The molecule has 0 bridgehead atoms. The monoisotopic (exact) mass is 268 g/mol. The molecule has 0 amide bonds. The number of hydrogen-bond acceptors (Lipinski definition) is 3. The summed E-state index contributed by atoms with van der Waals surface area (Å²) >= 11 is 0. The van der Waals surface area contributed by atoms with E-state index in [0.717, 1.165) is 6.07 Å². The lowest BCUT2D eigenvalue weighted by Crippen LogP contribution is -2.18. The van der Waals surface area contributed by atoms with Crippen LogP contribution in [0.5, 0.6) is 11.5 Å². The zero-order valence-corrected chi connectivity index (χ0v) is 9.81. The van der Waals surface area contributed by atoms with E-state index < -0.39 is 17.9 Å². The summed E-state index contributed by atoms with van der Waals surface area (Å²) in [5.74, 6) is -1.82. The van der Waals surface area contributed by atoms with Gasteiger partial charge in [0.2, 0.25) is 0 Å². The summed E-state index contributed by atoms with van der Waals surface area (Å²) < 4.78 is 63.1. The highest BCUT2D eigenvalue weighted by Crippen LogP contribution is 2.32. The molecular weight excluding hydrogens is 256 g/mol. The van der Waals surface area contributed by atoms with Crippen molar-refractivity contribution >= 4 is 0 Å². The first-order chi connectivity index (χ1) is 8.39. The Balaban J connectivity index is 3.04. The van der Waals surface area contributed by atoms with Gasteiger partial charge in [0.1, 0.15) is 5.75 Å². The van der Waals surface area contributed by atoms with E-state index in [2.05, 4.69) is 9.47 Å². The minimum atomic E-state index is -4.93. The quantitative estimate of drug-likeness (QED) is 0.606. The molecule has 0 fully saturated rings. The van der Waals surface area contributed by atoms with Gasteiger partial charge in [-0.15, -0.1) is 13.2 Å². The van der Waals surface area contributed by atoms with Gasteiger partial charge < -0.3 is 14.2 Å². The Kier molecular flexibility index (Phi) is 4.77. The summed E-state index contributed by atoms with van der Waals surface area (Å²) in [4.78, 5) is 0. The van der Waals surface area contributed by atoms with E-state index in [1.807, 2.05) is 0 Å². The summed E-state index contributed by atoms with van der Waals surface area (Å²) in [6.07, 6.45) is -4.76. The number of ether oxygens (including phenoxy) is 3. The lowest BCUT2D eigenvalue weighted by Gasteiger charge is -2.14. The maximum atomic E-state index is 13.7. The fourth-order valence-corrected chi connectivity index (χ4v) is 1.37. The number of benzene rings is 1. The van der Waals surface area contributed by atoms with Crippen LogP contribution >= 0.6 is 0 Å². The van der Waals surface area contributed by atoms with Crippen LogP contribution in [0.2, 0.25) is 0 Å². The van der Waals surface area contributed by atoms with Crippen molar-refractivity contribution in [2.45, 2.75) is 19.7 Å². The van der Waals surface area contributed by atoms with Gasteiger partial charge in [0.15, 0.2) is 18.4 Å². The van der Waals surface area contributed by atoms with Crippen LogP contribution in [-0.2, 0) is 11.2 Å². The van der Waals surface area contributed by atoms with Crippen LogP contribution in [0.4, 0.5) is 17.6 Å². The van der Waals surface area contributed by atoms with Gasteiger partial charge >= 0.3 is 6.36 Å². The van der Waals surface area contributed by atoms with E-state index in [-0.39, 0.29) is 24.5 Å². The number of rotatable bonds is 5. The molecule has 18 heavy (non-hydrogen) atoms. The average Bonchev–Trinajstić information content (AvgIpc) is 2.28. The second kappa shape index (κ2) is 5.90. The van der Waals surface area contributed by atoms with Gasteiger partial charge in [-0.2, -0.15) is 0 Å². The molecule has 0 aliphatic heterocycles. The Hall–Kier alpha value is -1.50. The van der Waals surface area contributed by atoms with Gasteiger partial charge in [0, 0.05) is 12.7 Å². The summed E-state index contributed by atoms with van der Waals surface area (Å²) in [6.45, 7) is 1.47. The van der Waals surface area contributed by atoms with Crippen molar-refractivity contribution in [2.24, 2.45) is 0 Å². The molecule has 3 nitrogen and oxygen atoms in total. The predicted molar refractivity (Wildman–Crippen MR) is 55.0 cm³/mol. The molecule has 0 N–H and O–H groups in total. The molecular formula is C11H12F4O3. The Morgan fingerprint density at radius 1 is 1.17 bits per heavy atom. The minimum Gasteiger partial charge on any atom is -0.467 e. The second-order valence-corrected chi connectivity index (χ2v) is 3.31. The molecule has 0 aromatic heterocycles. The van der Waals surface area contributed by atoms with Crippen molar-refractivity contribution in [3.63, 3.8) is 0 Å². The van der Waals surface area contributed by atoms with Crippen LogP contribution in [0.1, 0.15) is 12.5 Å². The third kappa shape index (κ3) is 3.76. The normalized spacial score (nSPS) is 11.4. The molecule has 1 aromatic rings. The molecule has 0 unspecified atom stereocenters. The Morgan fingerprint density at radius 2 is 1.78 bits per heavy atom. The molecule has 102 valence electrons. The molecule has 0 saturated heterocycles. The lowest BCUT2D eigenvalue weighted by molar-refractivity contribution is -0.275. The van der Waals surface area contributed by atoms with Gasteiger partial charge in [0.25, 0.3) is 0 Å². The highest BCUT2D eigenvalue weighted by atomic mass is 19.4.